The van der Waals surface area contributed by atoms with Crippen LogP contribution in [0.2, 0.25) is 0 Å². The van der Waals surface area contributed by atoms with Crippen LogP contribution < -0.4 is 0 Å². The Morgan fingerprint density at radius 3 is 1.79 bits per heavy atom. The van der Waals surface area contributed by atoms with Gasteiger partial charge in [-0.15, -0.1) is 0 Å². The summed E-state index contributed by atoms with van der Waals surface area (Å²) in [6, 6.07) is 0. The zero-order valence-electron chi connectivity index (χ0n) is 10.9. The predicted octanol–water partition coefficient (Wildman–Crippen LogP) is 4.02. The quantitative estimate of drug-likeness (QED) is 0.666. The van der Waals surface area contributed by atoms with E-state index < -0.39 is 0 Å². The average molecular weight is 203 g/mol. The lowest BCUT2D eigenvalue weighted by Gasteiger charge is -2.03. The zero-order chi connectivity index (χ0) is 12.0. The number of aliphatic hydroxyl groups excluding tert-OH is 1. The third-order valence-corrected chi connectivity index (χ3v) is 1.36. The zero-order valence-corrected chi connectivity index (χ0v) is 10.9. The number of nitrogens with one attached hydrogen (secondary N) is 1. The van der Waals surface area contributed by atoms with Crippen molar-refractivity contribution in [3.05, 3.63) is 0 Å². The van der Waals surface area contributed by atoms with Crippen molar-refractivity contribution in [2.45, 2.75) is 73.3 Å². The largest absolute Gasteiger partial charge is 0.393 e. The summed E-state index contributed by atoms with van der Waals surface area (Å²) in [6.07, 6.45) is 4.19. The molecule has 2 heteroatoms. The molecule has 0 fully saturated rings. The molecule has 0 aliphatic carbocycles. The first-order chi connectivity index (χ1) is 6.54. The number of aliphatic hydroxyl groups is 1. The molecule has 2 nitrogen and oxygen atoms in total. The Bertz CT molecular complexity index is 98.5. The first kappa shape index (κ1) is 19.2. The minimum Gasteiger partial charge on any atom is -0.393 e. The lowest BCUT2D eigenvalue weighted by atomic mass is 10.1. The first-order valence-corrected chi connectivity index (χ1v) is 5.74. The Morgan fingerprint density at radius 1 is 1.21 bits per heavy atom. The number of hydrogen-bond donors (Lipinski definition) is 2. The Morgan fingerprint density at radius 2 is 1.57 bits per heavy atom. The van der Waals surface area contributed by atoms with E-state index >= 15 is 0 Å². The molecule has 0 aromatic carbocycles. The highest BCUT2D eigenvalue weighted by Crippen LogP contribution is 2.02. The Kier molecular flexibility index (Phi) is 25.3. The van der Waals surface area contributed by atoms with Gasteiger partial charge in [0.05, 0.1) is 6.10 Å². The summed E-state index contributed by atoms with van der Waals surface area (Å²) >= 11 is 0. The maximum absolute atomic E-state index is 8.99. The first-order valence-electron chi connectivity index (χ1n) is 5.74. The van der Waals surface area contributed by atoms with Gasteiger partial charge >= 0.3 is 0 Å². The second kappa shape index (κ2) is 18.4. The summed E-state index contributed by atoms with van der Waals surface area (Å²) in [7, 11) is 0. The van der Waals surface area contributed by atoms with Gasteiger partial charge in [-0.1, -0.05) is 40.5 Å². The van der Waals surface area contributed by atoms with Crippen molar-refractivity contribution in [2.75, 3.05) is 0 Å². The monoisotopic (exact) mass is 203 g/mol. The molecule has 0 heterocycles. The van der Waals surface area contributed by atoms with Gasteiger partial charge in [0.25, 0.3) is 0 Å². The molecule has 88 valence electrons. The van der Waals surface area contributed by atoms with Crippen LogP contribution in [-0.4, -0.2) is 16.9 Å². The molecule has 1 unspecified atom stereocenters. The highest BCUT2D eigenvalue weighted by Gasteiger charge is 1.96. The van der Waals surface area contributed by atoms with E-state index in [4.69, 9.17) is 10.5 Å². The normalized spacial score (nSPS) is 10.2. The minimum absolute atomic E-state index is 0.0463. The fourth-order valence-corrected chi connectivity index (χ4v) is 0.644. The van der Waals surface area contributed by atoms with Gasteiger partial charge in [-0.3, -0.25) is 0 Å². The maximum Gasteiger partial charge on any atom is 0.0537 e. The van der Waals surface area contributed by atoms with Gasteiger partial charge in [0, 0.05) is 5.71 Å². The van der Waals surface area contributed by atoms with E-state index in [9.17, 15) is 0 Å². The fourth-order valence-electron chi connectivity index (χ4n) is 0.644. The van der Waals surface area contributed by atoms with Crippen molar-refractivity contribution in [2.24, 2.45) is 0 Å². The summed E-state index contributed by atoms with van der Waals surface area (Å²) in [5.41, 5.74) is 0.667. The van der Waals surface area contributed by atoms with Crippen molar-refractivity contribution in [3.63, 3.8) is 0 Å². The molecule has 0 saturated heterocycles. The van der Waals surface area contributed by atoms with Crippen LogP contribution in [0, 0.1) is 5.41 Å². The van der Waals surface area contributed by atoms with Gasteiger partial charge in [-0.2, -0.15) is 0 Å². The van der Waals surface area contributed by atoms with Gasteiger partial charge in [0.15, 0.2) is 0 Å². The minimum atomic E-state index is -0.0463. The smallest absolute Gasteiger partial charge is 0.0537 e. The van der Waals surface area contributed by atoms with E-state index in [-0.39, 0.29) is 6.10 Å². The van der Waals surface area contributed by atoms with Crippen molar-refractivity contribution in [1.82, 2.24) is 0 Å². The van der Waals surface area contributed by atoms with Crippen molar-refractivity contribution >= 4 is 5.71 Å². The van der Waals surface area contributed by atoms with Crippen LogP contribution in [0.5, 0.6) is 0 Å². The third kappa shape index (κ3) is 41.5. The van der Waals surface area contributed by atoms with E-state index in [2.05, 4.69) is 6.92 Å². The second-order valence-electron chi connectivity index (χ2n) is 3.20. The molecule has 2 N–H and O–H groups in total. The van der Waals surface area contributed by atoms with E-state index in [1.54, 1.807) is 13.8 Å². The molecular weight excluding hydrogens is 174 g/mol. The van der Waals surface area contributed by atoms with Gasteiger partial charge in [0.1, 0.15) is 0 Å². The van der Waals surface area contributed by atoms with E-state index in [0.29, 0.717) is 5.71 Å². The van der Waals surface area contributed by atoms with Gasteiger partial charge in [-0.05, 0) is 26.7 Å². The topological polar surface area (TPSA) is 44.1 Å². The maximum atomic E-state index is 8.99. The van der Waals surface area contributed by atoms with Crippen LogP contribution in [0.15, 0.2) is 0 Å². The summed E-state index contributed by atoms with van der Waals surface area (Å²) in [4.78, 5) is 0. The molecule has 0 aromatic heterocycles. The molecule has 0 aliphatic heterocycles. The van der Waals surface area contributed by atoms with Crippen LogP contribution in [0.1, 0.15) is 67.2 Å². The Hall–Kier alpha value is -0.370. The lowest BCUT2D eigenvalue weighted by Crippen LogP contribution is -2.02. The summed E-state index contributed by atoms with van der Waals surface area (Å²) in [5, 5.41) is 15.5. The standard InChI is InChI=1S/C7H16O.C3H7N.C2H6/c1-3-5-6-7(8)4-2;1-3(2)4;1-2/h7-8H,3-6H2,1-2H3;4H,1-2H3;1-2H3. The van der Waals surface area contributed by atoms with Gasteiger partial charge in [0.2, 0.25) is 0 Å². The molecule has 0 aliphatic rings. The molecule has 0 spiro atoms. The molecule has 0 radical (unpaired) electrons. The van der Waals surface area contributed by atoms with Crippen LogP contribution >= 0.6 is 0 Å². The fraction of sp³-hybridized carbons (Fsp3) is 0.917. The predicted molar refractivity (Wildman–Crippen MR) is 66.2 cm³/mol. The van der Waals surface area contributed by atoms with Gasteiger partial charge in [-0.25, -0.2) is 0 Å². The summed E-state index contributed by atoms with van der Waals surface area (Å²) in [5.74, 6) is 0. The Labute approximate surface area is 90.2 Å². The SMILES string of the molecule is CC.CC(C)=N.CCCCC(O)CC. The van der Waals surface area contributed by atoms with Crippen molar-refractivity contribution in [3.8, 4) is 0 Å². The van der Waals surface area contributed by atoms with E-state index in [1.165, 1.54) is 6.42 Å². The third-order valence-electron chi connectivity index (χ3n) is 1.36. The average Bonchev–Trinajstić information content (AvgIpc) is 2.16. The second-order valence-corrected chi connectivity index (χ2v) is 3.20. The van der Waals surface area contributed by atoms with Crippen molar-refractivity contribution < 1.29 is 5.11 Å². The van der Waals surface area contributed by atoms with Crippen LogP contribution in [0.3, 0.4) is 0 Å². The number of rotatable bonds is 4. The molecule has 0 saturated carbocycles. The van der Waals surface area contributed by atoms with Crippen LogP contribution in [0.25, 0.3) is 0 Å². The van der Waals surface area contributed by atoms with Crippen LogP contribution in [0.4, 0.5) is 0 Å². The molecule has 14 heavy (non-hydrogen) atoms. The molecule has 0 amide bonds. The van der Waals surface area contributed by atoms with Crippen LogP contribution in [-0.2, 0) is 0 Å². The highest BCUT2D eigenvalue weighted by atomic mass is 16.3. The van der Waals surface area contributed by atoms with Crippen molar-refractivity contribution in [1.29, 1.82) is 5.41 Å². The Balaban J connectivity index is -0.000000170. The van der Waals surface area contributed by atoms with E-state index in [0.717, 1.165) is 19.3 Å². The molecule has 0 bridgehead atoms. The molecule has 1 atom stereocenters. The highest BCUT2D eigenvalue weighted by molar-refractivity contribution is 5.75. The lowest BCUT2D eigenvalue weighted by molar-refractivity contribution is 0.157. The molecule has 0 aromatic rings. The number of hydrogen-bond acceptors (Lipinski definition) is 2. The number of unbranched alkanes of at least 4 members (excludes halogenated alkanes) is 1. The molecule has 0 rings (SSSR count). The molecular formula is C12H29NO. The van der Waals surface area contributed by atoms with E-state index in [1.807, 2.05) is 20.8 Å². The summed E-state index contributed by atoms with van der Waals surface area (Å²) < 4.78 is 0. The van der Waals surface area contributed by atoms with Gasteiger partial charge < -0.3 is 10.5 Å². The summed E-state index contributed by atoms with van der Waals surface area (Å²) in [6.45, 7) is 11.7.